The summed E-state index contributed by atoms with van der Waals surface area (Å²) in [7, 11) is 0. The molecule has 2 atom stereocenters. The fourth-order valence-electron chi connectivity index (χ4n) is 2.41. The number of unbranched alkanes of at least 4 members (excludes halogenated alkanes) is 1. The van der Waals surface area contributed by atoms with Crippen molar-refractivity contribution in [1.82, 2.24) is 10.2 Å². The highest BCUT2D eigenvalue weighted by molar-refractivity contribution is 9.09. The Morgan fingerprint density at radius 2 is 2.00 bits per heavy atom. The average Bonchev–Trinajstić information content (AvgIpc) is 2.39. The van der Waals surface area contributed by atoms with Crippen molar-refractivity contribution in [3.05, 3.63) is 0 Å². The van der Waals surface area contributed by atoms with E-state index in [0.717, 1.165) is 24.6 Å². The van der Waals surface area contributed by atoms with Crippen molar-refractivity contribution >= 4 is 27.9 Å². The van der Waals surface area contributed by atoms with Crippen LogP contribution < -0.4 is 5.32 Å². The molecule has 2 unspecified atom stereocenters. The molecular formula is C16H29BrN2O3. The van der Waals surface area contributed by atoms with Gasteiger partial charge in [0.05, 0.1) is 0 Å². The Morgan fingerprint density at radius 3 is 2.59 bits per heavy atom. The summed E-state index contributed by atoms with van der Waals surface area (Å²) in [5, 5.41) is 3.99. The van der Waals surface area contributed by atoms with Gasteiger partial charge in [0, 0.05) is 30.9 Å². The zero-order valence-electron chi connectivity index (χ0n) is 14.2. The lowest BCUT2D eigenvalue weighted by molar-refractivity contribution is -0.122. The minimum Gasteiger partial charge on any atom is -0.444 e. The molecule has 0 aromatic rings. The first-order valence-corrected chi connectivity index (χ1v) is 9.18. The number of halogens is 1. The van der Waals surface area contributed by atoms with Crippen molar-refractivity contribution in [2.75, 3.05) is 18.4 Å². The van der Waals surface area contributed by atoms with Gasteiger partial charge in [0.1, 0.15) is 5.60 Å². The highest BCUT2D eigenvalue weighted by Crippen LogP contribution is 2.20. The van der Waals surface area contributed by atoms with Crippen LogP contribution in [0.1, 0.15) is 53.4 Å². The Balaban J connectivity index is 2.49. The molecule has 5 nitrogen and oxygen atoms in total. The zero-order valence-corrected chi connectivity index (χ0v) is 15.7. The Hall–Kier alpha value is -0.780. The van der Waals surface area contributed by atoms with Crippen LogP contribution in [-0.4, -0.2) is 47.0 Å². The zero-order chi connectivity index (χ0) is 16.8. The third kappa shape index (κ3) is 6.99. The summed E-state index contributed by atoms with van der Waals surface area (Å²) < 4.78 is 5.41. The summed E-state index contributed by atoms with van der Waals surface area (Å²) in [6.07, 6.45) is 3.01. The standard InChI is InChI=1S/C16H29BrN2O3/c1-12-8-10-19(15(21)22-16(2,3)4)11-13(12)18-14(20)7-5-6-9-17/h12-13H,5-11H2,1-4H3,(H,18,20). The number of ether oxygens (including phenoxy) is 1. The van der Waals surface area contributed by atoms with Crippen LogP contribution in [0.15, 0.2) is 0 Å². The number of nitrogens with zero attached hydrogens (tertiary/aromatic N) is 1. The van der Waals surface area contributed by atoms with E-state index in [0.29, 0.717) is 25.4 Å². The van der Waals surface area contributed by atoms with E-state index in [9.17, 15) is 9.59 Å². The number of hydrogen-bond acceptors (Lipinski definition) is 3. The lowest BCUT2D eigenvalue weighted by Crippen LogP contribution is -2.54. The molecule has 0 aliphatic carbocycles. The number of rotatable bonds is 5. The van der Waals surface area contributed by atoms with Gasteiger partial charge in [-0.05, 0) is 46.0 Å². The third-order valence-electron chi connectivity index (χ3n) is 3.74. The van der Waals surface area contributed by atoms with E-state index >= 15 is 0 Å². The molecule has 0 aromatic heterocycles. The molecule has 0 bridgehead atoms. The maximum Gasteiger partial charge on any atom is 0.410 e. The van der Waals surface area contributed by atoms with E-state index in [-0.39, 0.29) is 18.0 Å². The number of alkyl halides is 1. The fraction of sp³-hybridized carbons (Fsp3) is 0.875. The number of likely N-dealkylation sites (tertiary alicyclic amines) is 1. The SMILES string of the molecule is CC1CCN(C(=O)OC(C)(C)C)CC1NC(=O)CCCCBr. The van der Waals surface area contributed by atoms with Gasteiger partial charge >= 0.3 is 6.09 Å². The summed E-state index contributed by atoms with van der Waals surface area (Å²) in [5.74, 6) is 0.447. The van der Waals surface area contributed by atoms with Crippen LogP contribution in [0.2, 0.25) is 0 Å². The van der Waals surface area contributed by atoms with Gasteiger partial charge in [0.15, 0.2) is 0 Å². The smallest absolute Gasteiger partial charge is 0.410 e. The monoisotopic (exact) mass is 376 g/mol. The first-order valence-electron chi connectivity index (χ1n) is 8.06. The lowest BCUT2D eigenvalue weighted by atomic mass is 9.93. The fourth-order valence-corrected chi connectivity index (χ4v) is 2.81. The van der Waals surface area contributed by atoms with Crippen molar-refractivity contribution in [3.63, 3.8) is 0 Å². The van der Waals surface area contributed by atoms with Gasteiger partial charge in [-0.3, -0.25) is 4.79 Å². The van der Waals surface area contributed by atoms with E-state index in [4.69, 9.17) is 4.74 Å². The number of amides is 2. The molecule has 0 radical (unpaired) electrons. The van der Waals surface area contributed by atoms with Crippen LogP contribution in [-0.2, 0) is 9.53 Å². The Kier molecular flexibility index (Phi) is 7.66. The molecule has 1 aliphatic heterocycles. The topological polar surface area (TPSA) is 58.6 Å². The second-order valence-corrected chi connectivity index (χ2v) is 7.81. The second-order valence-electron chi connectivity index (χ2n) is 7.01. The molecule has 1 fully saturated rings. The molecule has 0 aromatic carbocycles. The van der Waals surface area contributed by atoms with Crippen LogP contribution in [0, 0.1) is 5.92 Å². The van der Waals surface area contributed by atoms with Crippen molar-refractivity contribution in [2.45, 2.75) is 65.0 Å². The molecule has 0 spiro atoms. The van der Waals surface area contributed by atoms with Crippen LogP contribution in [0.25, 0.3) is 0 Å². The summed E-state index contributed by atoms with van der Waals surface area (Å²) in [4.78, 5) is 25.8. The van der Waals surface area contributed by atoms with Crippen molar-refractivity contribution < 1.29 is 14.3 Å². The molecule has 128 valence electrons. The number of carbonyl (C=O) groups is 2. The molecule has 2 amide bonds. The third-order valence-corrected chi connectivity index (χ3v) is 4.30. The largest absolute Gasteiger partial charge is 0.444 e. The Labute approximate surface area is 142 Å². The summed E-state index contributed by atoms with van der Waals surface area (Å²) in [5.41, 5.74) is -0.491. The highest BCUT2D eigenvalue weighted by Gasteiger charge is 2.32. The van der Waals surface area contributed by atoms with Gasteiger partial charge in [-0.15, -0.1) is 0 Å². The van der Waals surface area contributed by atoms with E-state index in [1.54, 1.807) is 4.90 Å². The van der Waals surface area contributed by atoms with Gasteiger partial charge in [-0.25, -0.2) is 4.79 Å². The Bertz CT molecular complexity index is 382. The second kappa shape index (κ2) is 8.75. The van der Waals surface area contributed by atoms with Crippen LogP contribution in [0.4, 0.5) is 4.79 Å². The molecule has 1 aliphatic rings. The molecule has 1 saturated heterocycles. The van der Waals surface area contributed by atoms with E-state index in [1.165, 1.54) is 0 Å². The van der Waals surface area contributed by atoms with Gasteiger partial charge in [-0.1, -0.05) is 22.9 Å². The minimum atomic E-state index is -0.491. The number of nitrogens with one attached hydrogen (secondary N) is 1. The summed E-state index contributed by atoms with van der Waals surface area (Å²) in [6, 6.07) is 0.0118. The van der Waals surface area contributed by atoms with E-state index in [1.807, 2.05) is 20.8 Å². The summed E-state index contributed by atoms with van der Waals surface area (Å²) in [6.45, 7) is 8.92. The van der Waals surface area contributed by atoms with Crippen LogP contribution >= 0.6 is 15.9 Å². The molecule has 1 N–H and O–H groups in total. The predicted molar refractivity (Wildman–Crippen MR) is 91.2 cm³/mol. The quantitative estimate of drug-likeness (QED) is 0.591. The number of carbonyl (C=O) groups excluding carboxylic acids is 2. The lowest BCUT2D eigenvalue weighted by Gasteiger charge is -2.38. The Morgan fingerprint density at radius 1 is 1.32 bits per heavy atom. The van der Waals surface area contributed by atoms with Gasteiger partial charge in [0.2, 0.25) is 5.91 Å². The van der Waals surface area contributed by atoms with E-state index in [2.05, 4.69) is 28.2 Å². The van der Waals surface area contributed by atoms with Gasteiger partial charge in [-0.2, -0.15) is 0 Å². The van der Waals surface area contributed by atoms with Gasteiger partial charge < -0.3 is 15.0 Å². The molecule has 6 heteroatoms. The minimum absolute atomic E-state index is 0.0118. The number of hydrogen-bond donors (Lipinski definition) is 1. The molecule has 1 heterocycles. The average molecular weight is 377 g/mol. The predicted octanol–water partition coefficient (Wildman–Crippen LogP) is 3.31. The van der Waals surface area contributed by atoms with Crippen molar-refractivity contribution in [3.8, 4) is 0 Å². The van der Waals surface area contributed by atoms with Gasteiger partial charge in [0.25, 0.3) is 0 Å². The highest BCUT2D eigenvalue weighted by atomic mass is 79.9. The molecule has 0 saturated carbocycles. The van der Waals surface area contributed by atoms with Crippen molar-refractivity contribution in [2.24, 2.45) is 5.92 Å². The molecule has 22 heavy (non-hydrogen) atoms. The molecular weight excluding hydrogens is 348 g/mol. The van der Waals surface area contributed by atoms with E-state index < -0.39 is 5.60 Å². The molecule has 1 rings (SSSR count). The first kappa shape index (κ1) is 19.3. The normalized spacial score (nSPS) is 22.3. The van der Waals surface area contributed by atoms with Crippen LogP contribution in [0.5, 0.6) is 0 Å². The van der Waals surface area contributed by atoms with Crippen LogP contribution in [0.3, 0.4) is 0 Å². The van der Waals surface area contributed by atoms with Crippen molar-refractivity contribution in [1.29, 1.82) is 0 Å². The maximum absolute atomic E-state index is 12.1. The maximum atomic E-state index is 12.1. The summed E-state index contributed by atoms with van der Waals surface area (Å²) >= 11 is 3.37. The number of piperidine rings is 1. The first-order chi connectivity index (χ1) is 10.2.